The molecule has 0 amide bonds. The zero-order chi connectivity index (χ0) is 28.3. The maximum atomic E-state index is 12.7. The Morgan fingerprint density at radius 2 is 1.32 bits per heavy atom. The molecule has 0 spiro atoms. The van der Waals surface area contributed by atoms with Crippen molar-refractivity contribution in [3.05, 3.63) is 82.9 Å². The van der Waals surface area contributed by atoms with Gasteiger partial charge in [0.25, 0.3) is 0 Å². The van der Waals surface area contributed by atoms with Gasteiger partial charge in [0.15, 0.2) is 0 Å². The first-order valence-corrected chi connectivity index (χ1v) is 15.9. The Bertz CT molecular complexity index is 1280. The molecule has 0 aromatic heterocycles. The van der Waals surface area contributed by atoms with E-state index < -0.39 is 11.5 Å². The molecule has 212 valence electrons. The van der Waals surface area contributed by atoms with E-state index in [2.05, 4.69) is 79.2 Å². The van der Waals surface area contributed by atoms with Gasteiger partial charge in [0.2, 0.25) is 0 Å². The maximum absolute atomic E-state index is 12.7. The lowest BCUT2D eigenvalue weighted by atomic mass is 9.73. The molecule has 1 heterocycles. The molecule has 0 atom stereocenters. The van der Waals surface area contributed by atoms with E-state index in [1.807, 2.05) is 30.0 Å². The van der Waals surface area contributed by atoms with Gasteiger partial charge in [-0.05, 0) is 87.6 Å². The molecule has 0 radical (unpaired) electrons. The number of hydrogen-bond donors (Lipinski definition) is 2. The minimum Gasteiger partial charge on any atom is -0.478 e. The number of aromatic carboxylic acids is 1. The first-order valence-electron chi connectivity index (χ1n) is 15.0. The van der Waals surface area contributed by atoms with E-state index in [0.29, 0.717) is 11.6 Å². The monoisotopic (exact) mass is 557 g/mol. The molecule has 2 N–H and O–H groups in total. The Balaban J connectivity index is 1.82. The average molecular weight is 558 g/mol. The van der Waals surface area contributed by atoms with Crippen molar-refractivity contribution in [1.29, 1.82) is 0 Å². The summed E-state index contributed by atoms with van der Waals surface area (Å²) in [5.41, 5.74) is 5.12. The van der Waals surface area contributed by atoms with Crippen molar-refractivity contribution in [1.82, 2.24) is 5.32 Å². The number of carbonyl (C=O) groups is 1. The van der Waals surface area contributed by atoms with Gasteiger partial charge < -0.3 is 14.9 Å². The van der Waals surface area contributed by atoms with E-state index in [-0.39, 0.29) is 0 Å². The fourth-order valence-corrected chi connectivity index (χ4v) is 7.98. The van der Waals surface area contributed by atoms with E-state index in [0.717, 1.165) is 55.7 Å². The molecule has 0 unspecified atom stereocenters. The summed E-state index contributed by atoms with van der Waals surface area (Å²) < 4.78 is 0. The molecule has 1 aliphatic carbocycles. The van der Waals surface area contributed by atoms with Crippen LogP contribution < -0.4 is 15.1 Å². The third-order valence-corrected chi connectivity index (χ3v) is 9.92. The predicted octanol–water partition coefficient (Wildman–Crippen LogP) is 7.76. The van der Waals surface area contributed by atoms with Gasteiger partial charge in [0.05, 0.1) is 11.1 Å². The first kappa shape index (κ1) is 28.6. The van der Waals surface area contributed by atoms with Gasteiger partial charge in [-0.15, -0.1) is 0 Å². The third-order valence-electron chi connectivity index (χ3n) is 8.80. The van der Waals surface area contributed by atoms with Crippen LogP contribution in [0.3, 0.4) is 0 Å². The zero-order valence-electron chi connectivity index (χ0n) is 24.4. The summed E-state index contributed by atoms with van der Waals surface area (Å²) in [5.74, 6) is -0.888. The van der Waals surface area contributed by atoms with Crippen LogP contribution in [0.15, 0.2) is 70.5 Å². The second kappa shape index (κ2) is 12.3. The van der Waals surface area contributed by atoms with Crippen molar-refractivity contribution in [2.45, 2.75) is 81.2 Å². The van der Waals surface area contributed by atoms with Gasteiger partial charge in [-0.2, -0.15) is 0 Å². The second-order valence-corrected chi connectivity index (χ2v) is 12.0. The van der Waals surface area contributed by atoms with Gasteiger partial charge in [0, 0.05) is 53.4 Å². The SMILES string of the molecule is CCN(CC)c1ccc2c(c1)Sc1cc(N(CC)CC)ccc1C2(NC1CCCCC1)c1ccccc1C(=O)O. The smallest absolute Gasteiger partial charge is 0.336 e. The van der Waals surface area contributed by atoms with Crippen LogP contribution in [0.2, 0.25) is 0 Å². The minimum absolute atomic E-state index is 0.310. The van der Waals surface area contributed by atoms with E-state index in [4.69, 9.17) is 0 Å². The number of carboxylic acids is 1. The van der Waals surface area contributed by atoms with E-state index in [1.165, 1.54) is 40.4 Å². The first-order chi connectivity index (χ1) is 19.5. The number of benzene rings is 3. The Morgan fingerprint density at radius 3 is 1.82 bits per heavy atom. The third kappa shape index (κ3) is 5.12. The average Bonchev–Trinajstić information content (AvgIpc) is 2.98. The molecule has 1 fully saturated rings. The number of nitrogens with one attached hydrogen (secondary N) is 1. The summed E-state index contributed by atoms with van der Waals surface area (Å²) in [6.07, 6.45) is 5.86. The Labute approximate surface area is 244 Å². The summed E-state index contributed by atoms with van der Waals surface area (Å²) in [4.78, 5) is 19.9. The van der Waals surface area contributed by atoms with Crippen molar-refractivity contribution in [2.24, 2.45) is 0 Å². The normalized spacial score (nSPS) is 16.2. The summed E-state index contributed by atoms with van der Waals surface area (Å²) in [6, 6.07) is 21.5. The van der Waals surface area contributed by atoms with E-state index >= 15 is 0 Å². The van der Waals surface area contributed by atoms with Crippen LogP contribution in [0.4, 0.5) is 11.4 Å². The highest BCUT2D eigenvalue weighted by Gasteiger charge is 2.46. The molecule has 3 aromatic carbocycles. The quantitative estimate of drug-likeness (QED) is 0.266. The Kier molecular flexibility index (Phi) is 8.77. The van der Waals surface area contributed by atoms with Crippen LogP contribution in [0.1, 0.15) is 86.8 Å². The van der Waals surface area contributed by atoms with Crippen molar-refractivity contribution in [3.63, 3.8) is 0 Å². The number of carboxylic acid groups (broad SMARTS) is 1. The molecule has 5 nitrogen and oxygen atoms in total. The van der Waals surface area contributed by atoms with Gasteiger partial charge in [0.1, 0.15) is 0 Å². The number of nitrogens with zero attached hydrogens (tertiary/aromatic N) is 2. The topological polar surface area (TPSA) is 55.8 Å². The molecule has 0 saturated heterocycles. The van der Waals surface area contributed by atoms with Crippen molar-refractivity contribution < 1.29 is 9.90 Å². The molecule has 1 aliphatic heterocycles. The molecule has 3 aromatic rings. The minimum atomic E-state index is -0.888. The predicted molar refractivity (Wildman–Crippen MR) is 167 cm³/mol. The molecule has 6 heteroatoms. The Morgan fingerprint density at radius 1 is 0.800 bits per heavy atom. The van der Waals surface area contributed by atoms with Gasteiger partial charge in [-0.1, -0.05) is 61.4 Å². The fourth-order valence-electron chi connectivity index (χ4n) is 6.72. The highest BCUT2D eigenvalue weighted by molar-refractivity contribution is 7.99. The second-order valence-electron chi connectivity index (χ2n) is 10.9. The van der Waals surface area contributed by atoms with Crippen LogP contribution in [0.5, 0.6) is 0 Å². The highest BCUT2D eigenvalue weighted by atomic mass is 32.2. The number of rotatable bonds is 10. The van der Waals surface area contributed by atoms with Crippen LogP contribution in [-0.4, -0.2) is 43.3 Å². The largest absolute Gasteiger partial charge is 0.478 e. The fraction of sp³-hybridized carbons (Fsp3) is 0.441. The van der Waals surface area contributed by atoms with Crippen LogP contribution in [0.25, 0.3) is 0 Å². The molecular weight excluding hydrogens is 514 g/mol. The van der Waals surface area contributed by atoms with Crippen molar-refractivity contribution in [2.75, 3.05) is 36.0 Å². The Hall–Kier alpha value is -2.96. The molecule has 1 saturated carbocycles. The molecule has 2 aliphatic rings. The molecule has 5 rings (SSSR count). The van der Waals surface area contributed by atoms with E-state index in [9.17, 15) is 9.90 Å². The zero-order valence-corrected chi connectivity index (χ0v) is 25.2. The molecule has 40 heavy (non-hydrogen) atoms. The molecule has 0 bridgehead atoms. The molecular formula is C34H43N3O2S. The van der Waals surface area contributed by atoms with Gasteiger partial charge >= 0.3 is 5.97 Å². The van der Waals surface area contributed by atoms with Crippen LogP contribution >= 0.6 is 11.8 Å². The highest BCUT2D eigenvalue weighted by Crippen LogP contribution is 2.54. The summed E-state index contributed by atoms with van der Waals surface area (Å²) in [6.45, 7) is 12.5. The van der Waals surface area contributed by atoms with Gasteiger partial charge in [-0.25, -0.2) is 4.79 Å². The van der Waals surface area contributed by atoms with E-state index in [1.54, 1.807) is 6.07 Å². The van der Waals surface area contributed by atoms with Crippen molar-refractivity contribution in [3.8, 4) is 0 Å². The van der Waals surface area contributed by atoms with Gasteiger partial charge in [-0.3, -0.25) is 5.32 Å². The number of anilines is 2. The summed E-state index contributed by atoms with van der Waals surface area (Å²) in [5, 5.41) is 14.6. The number of fused-ring (bicyclic) bond motifs is 2. The summed E-state index contributed by atoms with van der Waals surface area (Å²) in [7, 11) is 0. The van der Waals surface area contributed by atoms with Crippen molar-refractivity contribution >= 4 is 29.1 Å². The number of hydrogen-bond acceptors (Lipinski definition) is 5. The standard InChI is InChI=1S/C34H43N3O2S/c1-5-36(6-2)25-18-20-29-31(22-25)40-32-23-26(37(7-3)8-4)19-21-30(32)34(29,35-24-14-10-9-11-15-24)28-17-13-12-16-27(28)33(38)39/h12-13,16-24,35H,5-11,14-15H2,1-4H3,(H,38,39). The lowest BCUT2D eigenvalue weighted by molar-refractivity contribution is 0.0693. The van der Waals surface area contributed by atoms with Crippen LogP contribution in [-0.2, 0) is 5.54 Å². The lowest BCUT2D eigenvalue weighted by Crippen LogP contribution is -2.52. The summed E-state index contributed by atoms with van der Waals surface area (Å²) >= 11 is 1.82. The maximum Gasteiger partial charge on any atom is 0.336 e. The van der Waals surface area contributed by atoms with Crippen LogP contribution in [0, 0.1) is 0 Å². The lowest BCUT2D eigenvalue weighted by Gasteiger charge is -2.46.